The largest absolute Gasteiger partial charge is 0.452 e. The molecule has 32 heavy (non-hydrogen) atoms. The molecular formula is C20H21F2N3O6S. The van der Waals surface area contributed by atoms with Crippen LogP contribution in [0.4, 0.5) is 25.0 Å². The van der Waals surface area contributed by atoms with Gasteiger partial charge in [0.05, 0.1) is 16.1 Å². The molecule has 0 bridgehead atoms. The molecule has 0 atom stereocenters. The summed E-state index contributed by atoms with van der Waals surface area (Å²) in [6.07, 6.45) is 0. The molecule has 0 aliphatic rings. The van der Waals surface area contributed by atoms with Crippen LogP contribution in [0.25, 0.3) is 0 Å². The predicted molar refractivity (Wildman–Crippen MR) is 112 cm³/mol. The molecule has 0 saturated heterocycles. The molecule has 0 aromatic heterocycles. The van der Waals surface area contributed by atoms with Crippen molar-refractivity contribution in [3.8, 4) is 0 Å². The quantitative estimate of drug-likeness (QED) is 0.510. The molecule has 0 aliphatic heterocycles. The minimum atomic E-state index is -4.74. The SMILES string of the molecule is CC(C)NC(=O)Nc1ccccc1C(=O)OCC(=O)Nc1ccc(S(=O)(=O)C(F)F)cc1. The van der Waals surface area contributed by atoms with E-state index in [-0.39, 0.29) is 23.0 Å². The van der Waals surface area contributed by atoms with E-state index < -0.39 is 45.0 Å². The first kappa shape index (κ1) is 24.7. The van der Waals surface area contributed by atoms with E-state index in [2.05, 4.69) is 16.0 Å². The second-order valence-corrected chi connectivity index (χ2v) is 8.67. The highest BCUT2D eigenvalue weighted by atomic mass is 32.2. The number of sulfone groups is 1. The Morgan fingerprint density at radius 1 is 0.969 bits per heavy atom. The fourth-order valence-electron chi connectivity index (χ4n) is 2.43. The van der Waals surface area contributed by atoms with E-state index in [9.17, 15) is 31.6 Å². The average Bonchev–Trinajstić information content (AvgIpc) is 2.72. The molecule has 0 saturated carbocycles. The van der Waals surface area contributed by atoms with E-state index in [0.29, 0.717) is 0 Å². The molecule has 3 N–H and O–H groups in total. The van der Waals surface area contributed by atoms with Gasteiger partial charge in [-0.3, -0.25) is 4.79 Å². The Morgan fingerprint density at radius 3 is 2.19 bits per heavy atom. The Kier molecular flexibility index (Phi) is 8.24. The lowest BCUT2D eigenvalue weighted by Crippen LogP contribution is -2.34. The van der Waals surface area contributed by atoms with E-state index >= 15 is 0 Å². The number of urea groups is 1. The van der Waals surface area contributed by atoms with Gasteiger partial charge in [0.2, 0.25) is 9.84 Å². The lowest BCUT2D eigenvalue weighted by Gasteiger charge is -2.13. The number of rotatable bonds is 8. The number of benzene rings is 2. The fourth-order valence-corrected chi connectivity index (χ4v) is 3.15. The van der Waals surface area contributed by atoms with Crippen LogP contribution in [0.3, 0.4) is 0 Å². The number of esters is 1. The summed E-state index contributed by atoms with van der Waals surface area (Å²) in [6.45, 7) is 2.86. The third-order valence-electron chi connectivity index (χ3n) is 3.85. The third-order valence-corrected chi connectivity index (χ3v) is 5.25. The van der Waals surface area contributed by atoms with Gasteiger partial charge < -0.3 is 20.7 Å². The van der Waals surface area contributed by atoms with Gasteiger partial charge >= 0.3 is 17.8 Å². The maximum absolute atomic E-state index is 12.5. The number of hydrogen-bond donors (Lipinski definition) is 3. The highest BCUT2D eigenvalue weighted by molar-refractivity contribution is 7.91. The van der Waals surface area contributed by atoms with Crippen LogP contribution in [0.5, 0.6) is 0 Å². The zero-order valence-electron chi connectivity index (χ0n) is 17.1. The van der Waals surface area contributed by atoms with Crippen molar-refractivity contribution in [1.29, 1.82) is 0 Å². The van der Waals surface area contributed by atoms with E-state index in [1.807, 2.05) is 0 Å². The van der Waals surface area contributed by atoms with E-state index in [0.717, 1.165) is 24.3 Å². The number of ether oxygens (including phenoxy) is 1. The summed E-state index contributed by atoms with van der Waals surface area (Å²) in [5.41, 5.74) is 0.333. The summed E-state index contributed by atoms with van der Waals surface area (Å²) >= 11 is 0. The average molecular weight is 469 g/mol. The van der Waals surface area contributed by atoms with Crippen LogP contribution >= 0.6 is 0 Å². The number of para-hydroxylation sites is 1. The predicted octanol–water partition coefficient (Wildman–Crippen LogP) is 3.01. The monoisotopic (exact) mass is 469 g/mol. The zero-order valence-corrected chi connectivity index (χ0v) is 17.9. The van der Waals surface area contributed by atoms with Crippen molar-refractivity contribution in [2.24, 2.45) is 0 Å². The molecule has 12 heteroatoms. The molecular weight excluding hydrogens is 448 g/mol. The number of nitrogens with one attached hydrogen (secondary N) is 3. The minimum absolute atomic E-state index is 0.0285. The Hall–Kier alpha value is -3.54. The topological polar surface area (TPSA) is 131 Å². The van der Waals surface area contributed by atoms with Crippen molar-refractivity contribution in [1.82, 2.24) is 5.32 Å². The molecule has 0 heterocycles. The maximum atomic E-state index is 12.5. The first-order valence-corrected chi connectivity index (χ1v) is 10.8. The Bertz CT molecular complexity index is 1090. The highest BCUT2D eigenvalue weighted by Crippen LogP contribution is 2.20. The van der Waals surface area contributed by atoms with Gasteiger partial charge in [0.15, 0.2) is 6.61 Å². The first-order chi connectivity index (χ1) is 15.0. The van der Waals surface area contributed by atoms with Crippen LogP contribution in [0.2, 0.25) is 0 Å². The number of carbonyl (C=O) groups is 3. The van der Waals surface area contributed by atoms with Gasteiger partial charge in [-0.2, -0.15) is 8.78 Å². The van der Waals surface area contributed by atoms with Crippen LogP contribution in [0.15, 0.2) is 53.4 Å². The van der Waals surface area contributed by atoms with Gasteiger partial charge in [-0.1, -0.05) is 12.1 Å². The van der Waals surface area contributed by atoms with E-state index in [1.54, 1.807) is 26.0 Å². The summed E-state index contributed by atoms with van der Waals surface area (Å²) in [5.74, 6) is -5.17. The number of halogens is 2. The van der Waals surface area contributed by atoms with Crippen molar-refractivity contribution >= 4 is 39.1 Å². The summed E-state index contributed by atoms with van der Waals surface area (Å²) in [7, 11) is -4.74. The number of carbonyl (C=O) groups excluding carboxylic acids is 3. The second kappa shape index (κ2) is 10.7. The molecule has 0 fully saturated rings. The molecule has 9 nitrogen and oxygen atoms in total. The van der Waals surface area contributed by atoms with Crippen molar-refractivity contribution in [3.63, 3.8) is 0 Å². The number of hydrogen-bond acceptors (Lipinski definition) is 6. The molecule has 172 valence electrons. The zero-order chi connectivity index (χ0) is 23.9. The Labute approximate surface area is 183 Å². The molecule has 2 rings (SSSR count). The fraction of sp³-hybridized carbons (Fsp3) is 0.250. The van der Waals surface area contributed by atoms with Crippen LogP contribution < -0.4 is 16.0 Å². The number of alkyl halides is 2. The molecule has 2 aromatic rings. The molecule has 0 radical (unpaired) electrons. The van der Waals surface area contributed by atoms with Crippen LogP contribution in [0.1, 0.15) is 24.2 Å². The van der Waals surface area contributed by atoms with Gasteiger partial charge in [-0.05, 0) is 50.2 Å². The van der Waals surface area contributed by atoms with Crippen molar-refractivity contribution in [2.45, 2.75) is 30.5 Å². The number of anilines is 2. The highest BCUT2D eigenvalue weighted by Gasteiger charge is 2.26. The molecule has 3 amide bonds. The third kappa shape index (κ3) is 6.74. The van der Waals surface area contributed by atoms with Gasteiger partial charge in [0, 0.05) is 11.7 Å². The molecule has 0 aliphatic carbocycles. The Balaban J connectivity index is 1.96. The van der Waals surface area contributed by atoms with Crippen molar-refractivity contribution < 1.29 is 36.3 Å². The van der Waals surface area contributed by atoms with Gasteiger partial charge in [0.25, 0.3) is 5.91 Å². The van der Waals surface area contributed by atoms with E-state index in [1.165, 1.54) is 12.1 Å². The summed E-state index contributed by atoms with van der Waals surface area (Å²) in [4.78, 5) is 35.6. The standard InChI is InChI=1S/C20H21F2N3O6S/c1-12(2)23-20(28)25-16-6-4-3-5-15(16)18(27)31-11-17(26)24-13-7-9-14(10-8-13)32(29,30)19(21)22/h3-10,12,19H,11H2,1-2H3,(H,24,26)(H2,23,25,28). The number of amides is 3. The lowest BCUT2D eigenvalue weighted by molar-refractivity contribution is -0.119. The first-order valence-electron chi connectivity index (χ1n) is 9.26. The summed E-state index contributed by atoms with van der Waals surface area (Å²) in [5, 5.41) is 7.48. The molecule has 0 unspecified atom stereocenters. The van der Waals surface area contributed by atoms with Crippen LogP contribution in [-0.2, 0) is 19.4 Å². The smallest absolute Gasteiger partial charge is 0.341 e. The maximum Gasteiger partial charge on any atom is 0.341 e. The summed E-state index contributed by atoms with van der Waals surface area (Å²) < 4.78 is 52.8. The van der Waals surface area contributed by atoms with Gasteiger partial charge in [-0.15, -0.1) is 0 Å². The van der Waals surface area contributed by atoms with Crippen LogP contribution in [-0.4, -0.2) is 44.7 Å². The molecule has 2 aromatic carbocycles. The minimum Gasteiger partial charge on any atom is -0.452 e. The summed E-state index contributed by atoms with van der Waals surface area (Å²) in [6, 6.07) is 9.52. The van der Waals surface area contributed by atoms with Crippen LogP contribution in [0, 0.1) is 0 Å². The van der Waals surface area contributed by atoms with Gasteiger partial charge in [-0.25, -0.2) is 18.0 Å². The molecule has 0 spiro atoms. The lowest BCUT2D eigenvalue weighted by atomic mass is 10.2. The van der Waals surface area contributed by atoms with Crippen molar-refractivity contribution in [2.75, 3.05) is 17.2 Å². The van der Waals surface area contributed by atoms with E-state index in [4.69, 9.17) is 4.74 Å². The second-order valence-electron chi connectivity index (χ2n) is 6.75. The van der Waals surface area contributed by atoms with Crippen molar-refractivity contribution in [3.05, 3.63) is 54.1 Å². The normalized spacial score (nSPS) is 11.2. The van der Waals surface area contributed by atoms with Gasteiger partial charge in [0.1, 0.15) is 0 Å². The Morgan fingerprint density at radius 2 is 1.59 bits per heavy atom.